The van der Waals surface area contributed by atoms with Crippen molar-refractivity contribution in [3.63, 3.8) is 0 Å². The molecule has 1 aromatic heterocycles. The quantitative estimate of drug-likeness (QED) is 0.344. The molecule has 3 N–H and O–H groups in total. The zero-order valence-corrected chi connectivity index (χ0v) is 26.7. The van der Waals surface area contributed by atoms with Gasteiger partial charge in [-0.15, -0.1) is 10.2 Å². The average molecular weight is 591 g/mol. The number of H-pyrrole nitrogens is 1. The number of carbonyl (C=O) groups excluding carboxylic acids is 2. The second-order valence-electron chi connectivity index (χ2n) is 14.4. The van der Waals surface area contributed by atoms with E-state index in [1.807, 2.05) is 24.3 Å². The Morgan fingerprint density at radius 1 is 1.07 bits per heavy atom. The maximum atomic E-state index is 14.4. The fraction of sp³-hybridized carbons (Fsp3) is 0.697. The number of tetrazole rings is 1. The molecule has 43 heavy (non-hydrogen) atoms. The number of aromatic amines is 1. The molecule has 1 saturated heterocycles. The van der Waals surface area contributed by atoms with E-state index in [-0.39, 0.29) is 35.9 Å². The number of rotatable bonds is 9. The van der Waals surface area contributed by atoms with E-state index >= 15 is 0 Å². The molecule has 0 unspecified atom stereocenters. The molecule has 2 amide bonds. The van der Waals surface area contributed by atoms with Crippen LogP contribution in [0.1, 0.15) is 133 Å². The standard InChI is InChI=1S/C33H50N8O2/c1-22(2)11-16-27(23-12-14-24(15-13-23)30(42)34-21-28-37-39-40-38-28)41-31(43)29(35-26-9-7-6-8-10-26)36-33(41)19-17-25(18-20-33)32(3,4)5/h12-15,22,25-27H,6-11,16-21H2,1-5H3,(H,34,42)(H,35,36)(H,37,38,39,40)/t25?,27-,33?/m1/s1. The van der Waals surface area contributed by atoms with E-state index in [0.29, 0.717) is 29.1 Å². The highest BCUT2D eigenvalue weighted by Gasteiger charge is 2.54. The molecule has 2 saturated carbocycles. The van der Waals surface area contributed by atoms with Gasteiger partial charge in [0.05, 0.1) is 18.6 Å². The maximum Gasteiger partial charge on any atom is 0.291 e. The second-order valence-corrected chi connectivity index (χ2v) is 14.4. The molecule has 1 aliphatic heterocycles. The molecule has 0 bridgehead atoms. The van der Waals surface area contributed by atoms with Crippen molar-refractivity contribution in [3.8, 4) is 0 Å². The smallest absolute Gasteiger partial charge is 0.291 e. The maximum absolute atomic E-state index is 14.4. The molecule has 234 valence electrons. The van der Waals surface area contributed by atoms with E-state index in [1.165, 1.54) is 19.3 Å². The monoisotopic (exact) mass is 590 g/mol. The molecule has 3 aliphatic rings. The third-order valence-corrected chi connectivity index (χ3v) is 9.84. The number of nitrogens with one attached hydrogen (secondary N) is 3. The fourth-order valence-electron chi connectivity index (χ4n) is 7.20. The average Bonchev–Trinajstić information content (AvgIpc) is 3.59. The van der Waals surface area contributed by atoms with Crippen molar-refractivity contribution in [2.24, 2.45) is 22.2 Å². The minimum atomic E-state index is -0.436. The zero-order valence-electron chi connectivity index (χ0n) is 26.7. The highest BCUT2D eigenvalue weighted by molar-refractivity contribution is 6.40. The van der Waals surface area contributed by atoms with Crippen LogP contribution in [0.3, 0.4) is 0 Å². The van der Waals surface area contributed by atoms with Crippen molar-refractivity contribution in [2.45, 2.75) is 130 Å². The molecule has 3 fully saturated rings. The van der Waals surface area contributed by atoms with Gasteiger partial charge in [0.15, 0.2) is 11.7 Å². The number of hydrogen-bond donors (Lipinski definition) is 3. The van der Waals surface area contributed by atoms with Crippen molar-refractivity contribution in [3.05, 3.63) is 41.2 Å². The summed E-state index contributed by atoms with van der Waals surface area (Å²) in [7, 11) is 0. The van der Waals surface area contributed by atoms with E-state index in [0.717, 1.165) is 56.9 Å². The van der Waals surface area contributed by atoms with Crippen LogP contribution in [0, 0.1) is 17.3 Å². The van der Waals surface area contributed by atoms with E-state index in [1.54, 1.807) is 0 Å². The molecule has 10 heteroatoms. The molecular formula is C33H50N8O2. The molecule has 2 aliphatic carbocycles. The summed E-state index contributed by atoms with van der Waals surface area (Å²) < 4.78 is 0. The van der Waals surface area contributed by atoms with Gasteiger partial charge in [-0.2, -0.15) is 5.21 Å². The Morgan fingerprint density at radius 3 is 2.37 bits per heavy atom. The van der Waals surface area contributed by atoms with Gasteiger partial charge in [0, 0.05) is 5.56 Å². The van der Waals surface area contributed by atoms with Crippen LogP contribution in [0.25, 0.3) is 0 Å². The molecule has 10 nitrogen and oxygen atoms in total. The first kappa shape index (κ1) is 31.1. The van der Waals surface area contributed by atoms with E-state index in [2.05, 4.69) is 70.8 Å². The highest BCUT2D eigenvalue weighted by atomic mass is 16.2. The van der Waals surface area contributed by atoms with Crippen molar-refractivity contribution >= 4 is 17.6 Å². The lowest BCUT2D eigenvalue weighted by molar-refractivity contribution is -0.133. The summed E-state index contributed by atoms with van der Waals surface area (Å²) in [5.41, 5.74) is 1.42. The molecule has 1 atom stereocenters. The molecule has 5 rings (SSSR count). The van der Waals surface area contributed by atoms with Crippen LogP contribution < -0.4 is 10.6 Å². The Balaban J connectivity index is 1.43. The summed E-state index contributed by atoms with van der Waals surface area (Å²) in [4.78, 5) is 34.5. The minimum Gasteiger partial charge on any atom is -0.345 e. The number of nitrogens with zero attached hydrogens (tertiary/aromatic N) is 5. The van der Waals surface area contributed by atoms with Crippen molar-refractivity contribution < 1.29 is 9.59 Å². The Hall–Kier alpha value is -3.30. The number of aromatic nitrogens is 4. The van der Waals surface area contributed by atoms with E-state index < -0.39 is 5.66 Å². The van der Waals surface area contributed by atoms with Gasteiger partial charge < -0.3 is 15.5 Å². The lowest BCUT2D eigenvalue weighted by Gasteiger charge is -2.48. The summed E-state index contributed by atoms with van der Waals surface area (Å²) in [6.45, 7) is 11.7. The SMILES string of the molecule is CC(C)CC[C@H](c1ccc(C(=O)NCc2nn[nH]n2)cc1)N1C(=O)C(=NC2CCCCC2)NC12CCC(C(C)(C)C)CC2. The van der Waals surface area contributed by atoms with Crippen LogP contribution in [0.4, 0.5) is 0 Å². The number of amidine groups is 1. The van der Waals surface area contributed by atoms with Crippen LogP contribution in [-0.2, 0) is 11.3 Å². The van der Waals surface area contributed by atoms with Gasteiger partial charge in [0.2, 0.25) is 0 Å². The van der Waals surface area contributed by atoms with Gasteiger partial charge in [-0.05, 0) is 86.3 Å². The van der Waals surface area contributed by atoms with Gasteiger partial charge in [0.25, 0.3) is 11.8 Å². The van der Waals surface area contributed by atoms with Crippen LogP contribution >= 0.6 is 0 Å². The van der Waals surface area contributed by atoms with Gasteiger partial charge in [-0.3, -0.25) is 14.6 Å². The van der Waals surface area contributed by atoms with E-state index in [9.17, 15) is 9.59 Å². The summed E-state index contributed by atoms with van der Waals surface area (Å²) in [6, 6.07) is 7.87. The predicted octanol–water partition coefficient (Wildman–Crippen LogP) is 5.70. The fourth-order valence-corrected chi connectivity index (χ4v) is 7.20. The second kappa shape index (κ2) is 13.1. The summed E-state index contributed by atoms with van der Waals surface area (Å²) in [6.07, 6.45) is 11.6. The largest absolute Gasteiger partial charge is 0.345 e. The Kier molecular flexibility index (Phi) is 9.51. The number of hydrogen-bond acceptors (Lipinski definition) is 6. The lowest BCUT2D eigenvalue weighted by atomic mass is 9.69. The summed E-state index contributed by atoms with van der Waals surface area (Å²) in [5, 5.41) is 20.3. The minimum absolute atomic E-state index is 0.0375. The molecule has 0 radical (unpaired) electrons. The van der Waals surface area contributed by atoms with Crippen LogP contribution in [0.2, 0.25) is 0 Å². The number of benzene rings is 1. The highest BCUT2D eigenvalue weighted by Crippen LogP contribution is 2.47. The molecule has 2 heterocycles. The van der Waals surface area contributed by atoms with Crippen LogP contribution in [0.15, 0.2) is 29.3 Å². The van der Waals surface area contributed by atoms with Crippen LogP contribution in [0.5, 0.6) is 0 Å². The Morgan fingerprint density at radius 2 is 1.77 bits per heavy atom. The third-order valence-electron chi connectivity index (χ3n) is 9.84. The molecular weight excluding hydrogens is 540 g/mol. The first-order valence-corrected chi connectivity index (χ1v) is 16.4. The van der Waals surface area contributed by atoms with Gasteiger partial charge in [0.1, 0.15) is 5.66 Å². The lowest BCUT2D eigenvalue weighted by Crippen LogP contribution is -2.56. The van der Waals surface area contributed by atoms with Crippen molar-refractivity contribution in [1.29, 1.82) is 0 Å². The normalized spacial score (nSPS) is 25.0. The number of aliphatic imine (C=N–C) groups is 1. The molecule has 1 aromatic carbocycles. The van der Waals surface area contributed by atoms with Gasteiger partial charge in [-0.1, -0.05) is 71.2 Å². The summed E-state index contributed by atoms with van der Waals surface area (Å²) in [5.74, 6) is 1.95. The number of amides is 2. The van der Waals surface area contributed by atoms with Crippen LogP contribution in [-0.4, -0.2) is 54.9 Å². The van der Waals surface area contributed by atoms with Crippen molar-refractivity contribution in [1.82, 2.24) is 36.2 Å². The van der Waals surface area contributed by atoms with Gasteiger partial charge in [-0.25, -0.2) is 0 Å². The molecule has 2 aromatic rings. The molecule has 1 spiro atoms. The third kappa shape index (κ3) is 7.27. The first-order chi connectivity index (χ1) is 20.6. The Bertz CT molecular complexity index is 1250. The van der Waals surface area contributed by atoms with E-state index in [4.69, 9.17) is 4.99 Å². The topological polar surface area (TPSA) is 128 Å². The number of carbonyl (C=O) groups is 2. The van der Waals surface area contributed by atoms with Crippen molar-refractivity contribution in [2.75, 3.05) is 0 Å². The van der Waals surface area contributed by atoms with Gasteiger partial charge >= 0.3 is 0 Å². The summed E-state index contributed by atoms with van der Waals surface area (Å²) >= 11 is 0. The Labute approximate surface area is 256 Å². The zero-order chi connectivity index (χ0) is 30.6. The first-order valence-electron chi connectivity index (χ1n) is 16.4. The predicted molar refractivity (Wildman–Crippen MR) is 167 cm³/mol.